The molecule has 0 saturated heterocycles. The average molecular weight is 414 g/mol. The Morgan fingerprint density at radius 3 is 2.86 bits per heavy atom. The monoisotopic (exact) mass is 414 g/mol. The molecule has 1 aromatic heterocycles. The fraction of sp³-hybridized carbons (Fsp3) is 0.150. The lowest BCUT2D eigenvalue weighted by Gasteiger charge is -2.07. The molecule has 150 valence electrons. The van der Waals surface area contributed by atoms with Gasteiger partial charge in [0.1, 0.15) is 11.6 Å². The first-order valence-corrected chi connectivity index (χ1v) is 9.51. The number of carbonyl (C=O) groups is 1. The first-order chi connectivity index (χ1) is 14.0. The highest BCUT2D eigenvalue weighted by Gasteiger charge is 2.13. The van der Waals surface area contributed by atoms with E-state index < -0.39 is 11.7 Å². The number of benzene rings is 2. The molecule has 3 aromatic rings. The first-order valence-electron chi connectivity index (χ1n) is 8.63. The standard InChI is InChI=1S/C20H19FN4O3S/c1-28-9-8-23-20-25(24-11-14-4-2-3-5-16(14)21)17(12-29-20)13-6-7-18(26)15(10-13)19(22)27/h2-7,10-12,26H,8-9H2,1H3,(H2,22,27)/b23-20?,24-11-. The Labute approximate surface area is 170 Å². The zero-order valence-corrected chi connectivity index (χ0v) is 16.4. The van der Waals surface area contributed by atoms with Gasteiger partial charge in [0.25, 0.3) is 5.91 Å². The van der Waals surface area contributed by atoms with Gasteiger partial charge in [-0.25, -0.2) is 9.07 Å². The maximum Gasteiger partial charge on any atom is 0.252 e. The molecule has 0 radical (unpaired) electrons. The van der Waals surface area contributed by atoms with Gasteiger partial charge >= 0.3 is 0 Å². The summed E-state index contributed by atoms with van der Waals surface area (Å²) >= 11 is 1.33. The number of amides is 1. The Morgan fingerprint density at radius 2 is 2.14 bits per heavy atom. The normalized spacial score (nSPS) is 12.0. The van der Waals surface area contributed by atoms with Gasteiger partial charge in [-0.2, -0.15) is 5.10 Å². The predicted molar refractivity (Wildman–Crippen MR) is 110 cm³/mol. The summed E-state index contributed by atoms with van der Waals surface area (Å²) in [6.45, 7) is 0.864. The molecule has 3 rings (SSSR count). The molecule has 1 heterocycles. The summed E-state index contributed by atoms with van der Waals surface area (Å²) in [5.41, 5.74) is 6.87. The summed E-state index contributed by atoms with van der Waals surface area (Å²) in [5.74, 6) is -1.35. The van der Waals surface area contributed by atoms with Crippen molar-refractivity contribution < 1.29 is 19.0 Å². The number of primary amides is 1. The number of nitrogens with two attached hydrogens (primary N) is 1. The van der Waals surface area contributed by atoms with Gasteiger partial charge in [-0.1, -0.05) is 18.2 Å². The largest absolute Gasteiger partial charge is 0.507 e. The topological polar surface area (TPSA) is 102 Å². The molecule has 0 unspecified atom stereocenters. The molecule has 0 spiro atoms. The van der Waals surface area contributed by atoms with Crippen molar-refractivity contribution in [3.63, 3.8) is 0 Å². The van der Waals surface area contributed by atoms with Crippen molar-refractivity contribution >= 4 is 23.5 Å². The minimum absolute atomic E-state index is 0.00351. The quantitative estimate of drug-likeness (QED) is 0.459. The maximum absolute atomic E-state index is 14.0. The summed E-state index contributed by atoms with van der Waals surface area (Å²) in [6.07, 6.45) is 1.40. The van der Waals surface area contributed by atoms with E-state index in [0.717, 1.165) is 0 Å². The van der Waals surface area contributed by atoms with Gasteiger partial charge in [-0.05, 0) is 24.3 Å². The summed E-state index contributed by atoms with van der Waals surface area (Å²) in [5, 5.41) is 16.0. The van der Waals surface area contributed by atoms with Gasteiger partial charge in [0.2, 0.25) is 4.80 Å². The molecule has 0 aliphatic heterocycles. The van der Waals surface area contributed by atoms with Crippen molar-refractivity contribution in [2.24, 2.45) is 15.8 Å². The van der Waals surface area contributed by atoms with Crippen LogP contribution in [0.15, 0.2) is 57.9 Å². The summed E-state index contributed by atoms with van der Waals surface area (Å²) < 4.78 is 20.5. The third-order valence-electron chi connectivity index (χ3n) is 4.00. The summed E-state index contributed by atoms with van der Waals surface area (Å²) in [7, 11) is 1.58. The lowest BCUT2D eigenvalue weighted by Crippen LogP contribution is -2.14. The van der Waals surface area contributed by atoms with Gasteiger partial charge in [0, 0.05) is 23.6 Å². The Morgan fingerprint density at radius 1 is 1.34 bits per heavy atom. The van der Waals surface area contributed by atoms with Crippen LogP contribution in [-0.2, 0) is 4.74 Å². The zero-order valence-electron chi connectivity index (χ0n) is 15.6. The number of rotatable bonds is 7. The van der Waals surface area contributed by atoms with Crippen molar-refractivity contribution in [3.05, 3.63) is 69.6 Å². The Balaban J connectivity index is 2.11. The third kappa shape index (κ3) is 4.76. The highest BCUT2D eigenvalue weighted by Crippen LogP contribution is 2.26. The Kier molecular flexibility index (Phi) is 6.53. The van der Waals surface area contributed by atoms with Crippen LogP contribution >= 0.6 is 11.3 Å². The molecule has 0 saturated carbocycles. The van der Waals surface area contributed by atoms with Crippen LogP contribution in [-0.4, -0.2) is 42.2 Å². The number of phenols is 1. The number of halogens is 1. The number of carbonyl (C=O) groups excluding carboxylic acids is 1. The SMILES string of the molecule is COCCN=c1scc(-c2ccc(O)c(C(N)=O)c2)n1/N=C\c1ccccc1F. The molecular formula is C20H19FN4O3S. The van der Waals surface area contributed by atoms with Crippen LogP contribution in [0, 0.1) is 5.82 Å². The van der Waals surface area contributed by atoms with E-state index in [2.05, 4.69) is 10.1 Å². The van der Waals surface area contributed by atoms with Crippen LogP contribution in [0.2, 0.25) is 0 Å². The van der Waals surface area contributed by atoms with Crippen molar-refractivity contribution in [2.75, 3.05) is 20.3 Å². The maximum atomic E-state index is 14.0. The van der Waals surface area contributed by atoms with E-state index in [4.69, 9.17) is 10.5 Å². The smallest absolute Gasteiger partial charge is 0.252 e. The predicted octanol–water partition coefficient (Wildman–Crippen LogP) is 2.59. The number of hydrogen-bond acceptors (Lipinski definition) is 6. The second kappa shape index (κ2) is 9.26. The number of methoxy groups -OCH3 is 1. The molecular weight excluding hydrogens is 395 g/mol. The highest BCUT2D eigenvalue weighted by molar-refractivity contribution is 7.07. The summed E-state index contributed by atoms with van der Waals surface area (Å²) in [6, 6.07) is 10.8. The molecule has 0 bridgehead atoms. The van der Waals surface area contributed by atoms with Crippen molar-refractivity contribution in [2.45, 2.75) is 0 Å². The lowest BCUT2D eigenvalue weighted by molar-refractivity contribution is 0.0998. The molecule has 1 amide bonds. The van der Waals surface area contributed by atoms with Crippen molar-refractivity contribution in [1.29, 1.82) is 0 Å². The van der Waals surface area contributed by atoms with Crippen LogP contribution in [0.3, 0.4) is 0 Å². The van der Waals surface area contributed by atoms with Crippen molar-refractivity contribution in [1.82, 2.24) is 4.68 Å². The van der Waals surface area contributed by atoms with E-state index in [1.165, 1.54) is 35.8 Å². The van der Waals surface area contributed by atoms with E-state index in [9.17, 15) is 14.3 Å². The number of aromatic nitrogens is 1. The second-order valence-corrected chi connectivity index (χ2v) is 6.79. The molecule has 7 nitrogen and oxygen atoms in total. The molecule has 0 atom stereocenters. The average Bonchev–Trinajstić information content (AvgIpc) is 3.10. The Hall–Kier alpha value is -3.30. The highest BCUT2D eigenvalue weighted by atomic mass is 32.1. The molecule has 9 heteroatoms. The number of thiazole rings is 1. The second-order valence-electron chi connectivity index (χ2n) is 5.95. The number of aromatic hydroxyl groups is 1. The van der Waals surface area contributed by atoms with E-state index in [1.54, 1.807) is 36.1 Å². The minimum atomic E-state index is -0.744. The molecule has 29 heavy (non-hydrogen) atoms. The van der Waals surface area contributed by atoms with Gasteiger partial charge in [-0.15, -0.1) is 11.3 Å². The summed E-state index contributed by atoms with van der Waals surface area (Å²) in [4.78, 5) is 16.6. The van der Waals surface area contributed by atoms with Crippen LogP contribution in [0.4, 0.5) is 4.39 Å². The van der Waals surface area contributed by atoms with Crippen molar-refractivity contribution in [3.8, 4) is 17.0 Å². The van der Waals surface area contributed by atoms with Crippen LogP contribution in [0.1, 0.15) is 15.9 Å². The number of nitrogens with zero attached hydrogens (tertiary/aromatic N) is 3. The van der Waals surface area contributed by atoms with Gasteiger partial charge in [-0.3, -0.25) is 9.79 Å². The van der Waals surface area contributed by atoms with E-state index >= 15 is 0 Å². The molecule has 0 aliphatic carbocycles. The Bertz CT molecular complexity index is 1120. The van der Waals surface area contributed by atoms with E-state index in [1.807, 2.05) is 5.38 Å². The fourth-order valence-electron chi connectivity index (χ4n) is 2.54. The molecule has 0 fully saturated rings. The van der Waals surface area contributed by atoms with E-state index in [-0.39, 0.29) is 11.3 Å². The van der Waals surface area contributed by atoms with E-state index in [0.29, 0.717) is 34.8 Å². The number of hydrogen-bond donors (Lipinski definition) is 2. The van der Waals surface area contributed by atoms with Gasteiger partial charge in [0.15, 0.2) is 0 Å². The molecule has 3 N–H and O–H groups in total. The van der Waals surface area contributed by atoms with Gasteiger partial charge in [0.05, 0.1) is 30.6 Å². The fourth-order valence-corrected chi connectivity index (χ4v) is 3.41. The number of ether oxygens (including phenoxy) is 1. The minimum Gasteiger partial charge on any atom is -0.507 e. The van der Waals surface area contributed by atoms with Crippen LogP contribution < -0.4 is 10.5 Å². The zero-order chi connectivity index (χ0) is 20.8. The van der Waals surface area contributed by atoms with Crippen LogP contribution in [0.25, 0.3) is 11.3 Å². The molecule has 2 aromatic carbocycles. The van der Waals surface area contributed by atoms with Gasteiger partial charge < -0.3 is 15.6 Å². The third-order valence-corrected chi connectivity index (χ3v) is 4.86. The first kappa shape index (κ1) is 20.4. The van der Waals surface area contributed by atoms with Crippen LogP contribution in [0.5, 0.6) is 5.75 Å². The molecule has 0 aliphatic rings. The lowest BCUT2D eigenvalue weighted by atomic mass is 10.1.